The molecule has 0 saturated carbocycles. The van der Waals surface area contributed by atoms with Crippen LogP contribution in [0.1, 0.15) is 28.8 Å². The molecule has 10 heteroatoms. The first-order valence-corrected chi connectivity index (χ1v) is 8.39. The number of aldehydes is 1. The van der Waals surface area contributed by atoms with Gasteiger partial charge in [-0.1, -0.05) is 0 Å². The largest absolute Gasteiger partial charge is 0.496 e. The summed E-state index contributed by atoms with van der Waals surface area (Å²) in [7, 11) is 1.43. The van der Waals surface area contributed by atoms with Gasteiger partial charge in [-0.2, -0.15) is 0 Å². The number of hydroxylamine groups is 1. The zero-order chi connectivity index (χ0) is 19.5. The average Bonchev–Trinajstić information content (AvgIpc) is 3.36. The summed E-state index contributed by atoms with van der Waals surface area (Å²) in [4.78, 5) is 41.7. The lowest BCUT2D eigenvalue weighted by Crippen LogP contribution is -2.59. The third-order valence-electron chi connectivity index (χ3n) is 5.34. The SMILES string of the molecule is COc1cc(C=O)cc2c1C(COC(N)=O)C1(O)ON2CC2C1N2C(C)=O. The lowest BCUT2D eigenvalue weighted by Gasteiger charge is -2.47. The Bertz CT molecular complexity index is 844. The van der Waals surface area contributed by atoms with Gasteiger partial charge in [0, 0.05) is 18.1 Å². The molecule has 10 nitrogen and oxygen atoms in total. The fourth-order valence-corrected chi connectivity index (χ4v) is 4.23. The molecule has 0 spiro atoms. The summed E-state index contributed by atoms with van der Waals surface area (Å²) in [5, 5.41) is 12.8. The summed E-state index contributed by atoms with van der Waals surface area (Å²) in [5.74, 6) is -2.56. The lowest BCUT2D eigenvalue weighted by atomic mass is 9.82. The molecule has 0 aromatic heterocycles. The molecule has 2 fully saturated rings. The molecule has 1 aromatic rings. The van der Waals surface area contributed by atoms with Crippen molar-refractivity contribution >= 4 is 24.0 Å². The Labute approximate surface area is 154 Å². The molecular formula is C17H19N3O7. The number of hydrogen-bond donors (Lipinski definition) is 2. The number of rotatable bonds is 4. The number of carbonyl (C=O) groups is 3. The minimum absolute atomic E-state index is 0.199. The Balaban J connectivity index is 1.86. The summed E-state index contributed by atoms with van der Waals surface area (Å²) < 4.78 is 10.4. The van der Waals surface area contributed by atoms with Gasteiger partial charge in [0.15, 0.2) is 0 Å². The van der Waals surface area contributed by atoms with Gasteiger partial charge < -0.3 is 25.2 Å². The minimum atomic E-state index is -1.83. The van der Waals surface area contributed by atoms with Crippen LogP contribution in [0.5, 0.6) is 5.75 Å². The number of methoxy groups -OCH3 is 1. The lowest BCUT2D eigenvalue weighted by molar-refractivity contribution is -0.250. The summed E-state index contributed by atoms with van der Waals surface area (Å²) in [6.45, 7) is 1.46. The second-order valence-corrected chi connectivity index (χ2v) is 6.80. The molecule has 4 rings (SSSR count). The number of carbonyl (C=O) groups excluding carboxylic acids is 3. The summed E-state index contributed by atoms with van der Waals surface area (Å²) in [6, 6.07) is 2.29. The third kappa shape index (κ3) is 2.44. The molecule has 3 heterocycles. The first-order chi connectivity index (χ1) is 12.8. The van der Waals surface area contributed by atoms with E-state index in [9.17, 15) is 19.5 Å². The Morgan fingerprint density at radius 2 is 2.22 bits per heavy atom. The van der Waals surface area contributed by atoms with Gasteiger partial charge in [0.2, 0.25) is 11.7 Å². The van der Waals surface area contributed by atoms with Crippen LogP contribution in [-0.4, -0.2) is 66.4 Å². The molecule has 27 heavy (non-hydrogen) atoms. The van der Waals surface area contributed by atoms with Gasteiger partial charge in [-0.15, -0.1) is 0 Å². The van der Waals surface area contributed by atoms with Crippen LogP contribution in [0.3, 0.4) is 0 Å². The first kappa shape index (κ1) is 17.6. The van der Waals surface area contributed by atoms with Gasteiger partial charge in [0.05, 0.1) is 31.3 Å². The molecule has 3 aliphatic rings. The van der Waals surface area contributed by atoms with Crippen molar-refractivity contribution in [2.45, 2.75) is 30.7 Å². The number of aliphatic hydroxyl groups is 1. The van der Waals surface area contributed by atoms with E-state index in [-0.39, 0.29) is 18.6 Å². The molecule has 0 radical (unpaired) electrons. The predicted molar refractivity (Wildman–Crippen MR) is 90.1 cm³/mol. The highest BCUT2D eigenvalue weighted by molar-refractivity contribution is 5.82. The normalized spacial score (nSPS) is 30.1. The van der Waals surface area contributed by atoms with Crippen LogP contribution < -0.4 is 15.5 Å². The fraction of sp³-hybridized carbons (Fsp3) is 0.471. The van der Waals surface area contributed by atoms with Crippen LogP contribution in [0.15, 0.2) is 12.1 Å². The van der Waals surface area contributed by atoms with E-state index in [2.05, 4.69) is 0 Å². The summed E-state index contributed by atoms with van der Waals surface area (Å²) in [5.41, 5.74) is 6.49. The maximum absolute atomic E-state index is 11.9. The number of ether oxygens (including phenoxy) is 2. The van der Waals surface area contributed by atoms with Crippen molar-refractivity contribution in [3.63, 3.8) is 0 Å². The molecular weight excluding hydrogens is 358 g/mol. The number of amides is 2. The van der Waals surface area contributed by atoms with Crippen LogP contribution in [0.4, 0.5) is 10.5 Å². The Morgan fingerprint density at radius 1 is 1.48 bits per heavy atom. The van der Waals surface area contributed by atoms with Gasteiger partial charge in [-0.3, -0.25) is 9.59 Å². The highest BCUT2D eigenvalue weighted by atomic mass is 16.8. The van der Waals surface area contributed by atoms with Crippen molar-refractivity contribution in [1.82, 2.24) is 4.90 Å². The van der Waals surface area contributed by atoms with Crippen LogP contribution in [0.2, 0.25) is 0 Å². The topological polar surface area (TPSA) is 131 Å². The maximum Gasteiger partial charge on any atom is 0.404 e. The van der Waals surface area contributed by atoms with E-state index in [1.807, 2.05) is 0 Å². The number of fused-ring (bicyclic) bond motifs is 6. The highest BCUT2D eigenvalue weighted by Gasteiger charge is 2.71. The fourth-order valence-electron chi connectivity index (χ4n) is 4.23. The van der Waals surface area contributed by atoms with E-state index in [4.69, 9.17) is 20.0 Å². The second kappa shape index (κ2) is 5.83. The zero-order valence-electron chi connectivity index (χ0n) is 14.7. The van der Waals surface area contributed by atoms with E-state index in [0.29, 0.717) is 35.4 Å². The molecule has 2 amide bonds. The molecule has 4 unspecified atom stereocenters. The van der Waals surface area contributed by atoms with E-state index < -0.39 is 23.8 Å². The highest BCUT2D eigenvalue weighted by Crippen LogP contribution is 2.56. The number of hydrogen-bond acceptors (Lipinski definition) is 8. The standard InChI is InChI=1S/C17H19N3O7/c1-8(22)20-12-5-19-11-3-9(6-21)4-13(25-2)14(11)10(7-26-16(18)23)17(24,27-19)15(12)20/h3-4,6,10,12,15,24H,5,7H2,1-2H3,(H2,18,23). The average molecular weight is 377 g/mol. The van der Waals surface area contributed by atoms with E-state index >= 15 is 0 Å². The molecule has 1 aromatic carbocycles. The Kier molecular flexibility index (Phi) is 3.79. The molecule has 0 aliphatic carbocycles. The van der Waals surface area contributed by atoms with Crippen LogP contribution >= 0.6 is 0 Å². The van der Waals surface area contributed by atoms with Crippen LogP contribution in [0, 0.1) is 0 Å². The van der Waals surface area contributed by atoms with Crippen LogP contribution in [0.25, 0.3) is 0 Å². The monoisotopic (exact) mass is 377 g/mol. The third-order valence-corrected chi connectivity index (χ3v) is 5.34. The van der Waals surface area contributed by atoms with Crippen LogP contribution in [-0.2, 0) is 14.4 Å². The molecule has 2 bridgehead atoms. The van der Waals surface area contributed by atoms with Gasteiger partial charge in [-0.25, -0.2) is 14.7 Å². The Hall–Kier alpha value is -2.85. The number of primary amides is 1. The van der Waals surface area contributed by atoms with E-state index in [0.717, 1.165) is 0 Å². The van der Waals surface area contributed by atoms with E-state index in [1.165, 1.54) is 30.1 Å². The van der Waals surface area contributed by atoms with Gasteiger partial charge in [-0.05, 0) is 12.1 Å². The predicted octanol–water partition coefficient (Wildman–Crippen LogP) is -0.260. The number of benzene rings is 1. The molecule has 3 N–H and O–H groups in total. The van der Waals surface area contributed by atoms with Crippen molar-refractivity contribution in [3.05, 3.63) is 23.3 Å². The zero-order valence-corrected chi connectivity index (χ0v) is 14.7. The summed E-state index contributed by atoms with van der Waals surface area (Å²) in [6.07, 6.45) is -0.331. The maximum atomic E-state index is 11.9. The smallest absolute Gasteiger partial charge is 0.404 e. The number of nitrogens with zero attached hydrogens (tertiary/aromatic N) is 2. The number of nitrogens with two attached hydrogens (primary N) is 1. The van der Waals surface area contributed by atoms with Crippen molar-refractivity contribution in [3.8, 4) is 5.75 Å². The van der Waals surface area contributed by atoms with Crippen molar-refractivity contribution in [1.29, 1.82) is 0 Å². The first-order valence-electron chi connectivity index (χ1n) is 8.39. The summed E-state index contributed by atoms with van der Waals surface area (Å²) >= 11 is 0. The minimum Gasteiger partial charge on any atom is -0.496 e. The molecule has 144 valence electrons. The number of anilines is 1. The van der Waals surface area contributed by atoms with Gasteiger partial charge in [0.1, 0.15) is 24.7 Å². The van der Waals surface area contributed by atoms with Crippen molar-refractivity contribution in [2.75, 3.05) is 25.3 Å². The molecule has 2 saturated heterocycles. The Morgan fingerprint density at radius 3 is 2.81 bits per heavy atom. The van der Waals surface area contributed by atoms with E-state index in [1.54, 1.807) is 6.07 Å². The van der Waals surface area contributed by atoms with Crippen molar-refractivity contribution < 1.29 is 33.8 Å². The molecule has 3 aliphatic heterocycles. The van der Waals surface area contributed by atoms with Crippen molar-refractivity contribution in [2.24, 2.45) is 5.73 Å². The van der Waals surface area contributed by atoms with Gasteiger partial charge in [0.25, 0.3) is 0 Å². The second-order valence-electron chi connectivity index (χ2n) is 6.80. The quantitative estimate of drug-likeness (QED) is 0.542. The van der Waals surface area contributed by atoms with Gasteiger partial charge >= 0.3 is 6.09 Å². The molecule has 4 atom stereocenters.